The number of benzene rings is 1. The van der Waals surface area contributed by atoms with Gasteiger partial charge < -0.3 is 23.8 Å². The van der Waals surface area contributed by atoms with Crippen molar-refractivity contribution in [2.24, 2.45) is 34.2 Å². The molecule has 6 aliphatic rings. The Morgan fingerprint density at radius 1 is 1.12 bits per heavy atom. The van der Waals surface area contributed by atoms with E-state index in [9.17, 15) is 19.2 Å². The molecule has 5 unspecified atom stereocenters. The van der Waals surface area contributed by atoms with Crippen LogP contribution >= 0.6 is 33.9 Å². The highest BCUT2D eigenvalue weighted by molar-refractivity contribution is 14.1. The van der Waals surface area contributed by atoms with Gasteiger partial charge in [0, 0.05) is 103 Å². The number of cyclic esters (lactones) is 1. The van der Waals surface area contributed by atoms with Gasteiger partial charge in [0.1, 0.15) is 19.1 Å². The molecule has 5 fully saturated rings. The third kappa shape index (κ3) is 9.33. The summed E-state index contributed by atoms with van der Waals surface area (Å²) in [5, 5.41) is 12.6. The predicted octanol–water partition coefficient (Wildman–Crippen LogP) is 8.53. The fraction of sp³-hybridized carbons (Fsp3) is 0.596. The molecule has 17 nitrogen and oxygen atoms in total. The number of halogens is 1. The Hall–Kier alpha value is -4.96. The Morgan fingerprint density at radius 2 is 1.91 bits per heavy atom. The number of pyridine rings is 1. The summed E-state index contributed by atoms with van der Waals surface area (Å²) in [6.07, 6.45) is 7.89. The number of hydrazine groups is 1. The van der Waals surface area contributed by atoms with Crippen LogP contribution < -0.4 is 0 Å². The Labute approximate surface area is 464 Å². The molecule has 8 heterocycles. The lowest BCUT2D eigenvalue weighted by atomic mass is 9.69. The smallest absolute Gasteiger partial charge is 0.447 e. The van der Waals surface area contributed by atoms with Crippen molar-refractivity contribution in [3.05, 3.63) is 70.8 Å². The minimum absolute atomic E-state index is 0.00367. The number of azo groups is 2. The van der Waals surface area contributed by atoms with E-state index >= 15 is 4.79 Å². The molecule has 0 N–H and O–H groups in total. The average molecular weight is 1170 g/mol. The number of quaternary nitrogens is 1. The van der Waals surface area contributed by atoms with Crippen molar-refractivity contribution in [2.75, 3.05) is 67.1 Å². The van der Waals surface area contributed by atoms with E-state index in [2.05, 4.69) is 84.2 Å². The van der Waals surface area contributed by atoms with Gasteiger partial charge >= 0.3 is 23.8 Å². The van der Waals surface area contributed by atoms with Crippen molar-refractivity contribution in [3.8, 4) is 22.5 Å². The zero-order valence-electron chi connectivity index (χ0n) is 45.7. The van der Waals surface area contributed by atoms with Gasteiger partial charge in [0.05, 0.1) is 72.2 Å². The van der Waals surface area contributed by atoms with Gasteiger partial charge in [0.25, 0.3) is 0 Å². The van der Waals surface area contributed by atoms with E-state index in [1.165, 1.54) is 22.1 Å². The molecule has 76 heavy (non-hydrogen) atoms. The van der Waals surface area contributed by atoms with E-state index in [1.807, 2.05) is 42.9 Å². The summed E-state index contributed by atoms with van der Waals surface area (Å²) in [6, 6.07) is 10.4. The minimum atomic E-state index is -1.33. The first-order chi connectivity index (χ1) is 36.3. The summed E-state index contributed by atoms with van der Waals surface area (Å²) in [6.45, 7) is 19.8. The van der Waals surface area contributed by atoms with Gasteiger partial charge in [-0.15, -0.1) is 11.3 Å². The van der Waals surface area contributed by atoms with Crippen molar-refractivity contribution in [2.45, 2.75) is 121 Å². The fourth-order valence-corrected chi connectivity index (χ4v) is 14.7. The number of hydrogen-bond acceptors (Lipinski definition) is 12. The van der Waals surface area contributed by atoms with Crippen molar-refractivity contribution in [1.82, 2.24) is 34.4 Å². The second-order valence-corrected chi connectivity index (χ2v) is 25.8. The molecule has 0 spiro atoms. The molecule has 6 bridgehead atoms. The van der Waals surface area contributed by atoms with Crippen molar-refractivity contribution < 1.29 is 42.6 Å². The highest BCUT2D eigenvalue weighted by Gasteiger charge is 2.63. The number of likely N-dealkylation sites (N-methyl/N-ethyl adjacent to an activating group) is 2. The van der Waals surface area contributed by atoms with Crippen LogP contribution in [0.5, 0.6) is 0 Å². The van der Waals surface area contributed by atoms with Crippen LogP contribution in [0.4, 0.5) is 4.79 Å². The summed E-state index contributed by atoms with van der Waals surface area (Å²) >= 11 is 3.63. The second kappa shape index (κ2) is 21.0. The van der Waals surface area contributed by atoms with Crippen LogP contribution in [0.1, 0.15) is 96.0 Å². The molecule has 5 amide bonds. The van der Waals surface area contributed by atoms with Gasteiger partial charge in [-0.3, -0.25) is 24.1 Å². The van der Waals surface area contributed by atoms with Crippen LogP contribution in [0.25, 0.3) is 33.4 Å². The van der Waals surface area contributed by atoms with E-state index in [4.69, 9.17) is 24.6 Å². The standard InChI is InChI=1S/C57H75IN10O7S/c1-11-49(69)68-25-21-47(68)38-18-20-44(38)65(24-26-68)55(73)62(8)57(58,34(3)4)54(72)63(9)60-30-37-28-48-61-43(32-76-48)36-17-19-45-41(27-36)42(51(64(45)12-2)40-15-13-22-59-50(40)35(5)74-10)29-56(6,7)33-75-53(71)39-16-14-23-66(52(37)70)67-31-46(39)67/h11,13,15,17,19,22,27,32,34-35,37-39,44,46-47H,1,12,14,16,18,20-21,23-26,28-31,33H2,2-10H3/q+2/t35-,37+,38-,39+,44+,46?,47?,57?,67?,68?/m0/s1. The molecule has 3 aromatic heterocycles. The van der Waals surface area contributed by atoms with Crippen LogP contribution in [-0.4, -0.2) is 162 Å². The fourth-order valence-electron chi connectivity index (χ4n) is 13.3. The normalized spacial score (nSPS) is 28.5. The number of hydrogen-bond donors (Lipinski definition) is 0. The zero-order valence-corrected chi connectivity index (χ0v) is 48.6. The first-order valence-electron chi connectivity index (χ1n) is 27.3. The third-order valence-corrected chi connectivity index (χ3v) is 21.2. The van der Waals surface area contributed by atoms with Crippen molar-refractivity contribution in [1.29, 1.82) is 0 Å². The monoisotopic (exact) mass is 1170 g/mol. The van der Waals surface area contributed by atoms with Crippen molar-refractivity contribution in [3.63, 3.8) is 0 Å². The molecular formula is C57H75IN10O7S+2. The Morgan fingerprint density at radius 3 is 2.59 bits per heavy atom. The number of alkyl halides is 1. The van der Waals surface area contributed by atoms with Gasteiger partial charge in [-0.1, -0.05) is 45.0 Å². The number of methoxy groups -OCH3 is 1. The highest BCUT2D eigenvalue weighted by Crippen LogP contribution is 2.49. The van der Waals surface area contributed by atoms with Crippen molar-refractivity contribution >= 4 is 74.6 Å². The number of thiazole rings is 1. The molecule has 4 saturated heterocycles. The number of urea groups is 1. The Kier molecular flexibility index (Phi) is 15.0. The van der Waals surface area contributed by atoms with Gasteiger partial charge in [-0.25, -0.2) is 24.4 Å². The number of nitrogens with zero attached hydrogens (tertiary/aromatic N) is 10. The molecule has 10 atom stereocenters. The number of amides is 5. The van der Waals surface area contributed by atoms with E-state index in [0.29, 0.717) is 56.5 Å². The number of aromatic nitrogens is 3. The number of carbonyl (C=O) groups is 5. The third-order valence-electron chi connectivity index (χ3n) is 17.9. The van der Waals surface area contributed by atoms with Gasteiger partial charge in [-0.2, -0.15) is 0 Å². The van der Waals surface area contributed by atoms with Crippen LogP contribution in [0.15, 0.2) is 59.7 Å². The van der Waals surface area contributed by atoms with Crippen LogP contribution in [0.3, 0.4) is 0 Å². The zero-order chi connectivity index (χ0) is 54.2. The average Bonchev–Trinajstić information content (AvgIpc) is 4.13. The Bertz CT molecular complexity index is 3010. The molecule has 10 rings (SSSR count). The Balaban J connectivity index is 0.977. The maximum Gasteiger partial charge on any atom is 0.447 e. The minimum Gasteiger partial charge on any atom is -0.465 e. The van der Waals surface area contributed by atoms with Crippen LogP contribution in [0.2, 0.25) is 0 Å². The highest BCUT2D eigenvalue weighted by atomic mass is 127. The van der Waals surface area contributed by atoms with E-state index in [1.54, 1.807) is 31.1 Å². The second-order valence-electron chi connectivity index (χ2n) is 23.2. The lowest BCUT2D eigenvalue weighted by Crippen LogP contribution is -2.71. The van der Waals surface area contributed by atoms with Gasteiger partial charge in [0.15, 0.2) is 7.05 Å². The summed E-state index contributed by atoms with van der Waals surface area (Å²) in [5.41, 5.74) is 6.39. The van der Waals surface area contributed by atoms with Gasteiger partial charge in [-0.05, 0) is 103 Å². The first-order valence-corrected chi connectivity index (χ1v) is 29.3. The van der Waals surface area contributed by atoms with E-state index in [-0.39, 0.29) is 91.3 Å². The number of rotatable bonds is 10. The maximum atomic E-state index is 15.1. The SMILES string of the molecule is C=CC(=O)[N+]12CCC1[C@H]1CC[C@H]1N(C(=O)N(C)C(I)(C(=O)[N+](C)=NC[C@H]1Cc3nc(cs3)-c3ccc4c(c3)c(c(-c3cccnc3[C@H](C)OC)n4CC)CC(C)(C)COC(=O)[C@@H]3CCCN(C1=O)N1CC31)C(C)C)CC2. The molecule has 1 saturated carbocycles. The quantitative estimate of drug-likeness (QED) is 0.0173. The number of esters is 1. The molecule has 5 aliphatic heterocycles. The summed E-state index contributed by atoms with van der Waals surface area (Å²) in [7, 11) is 5.01. The molecule has 1 aliphatic carbocycles. The van der Waals surface area contributed by atoms with Crippen LogP contribution in [0, 0.1) is 29.1 Å². The van der Waals surface area contributed by atoms with Gasteiger partial charge in [0.2, 0.25) is 9.45 Å². The first kappa shape index (κ1) is 54.4. The lowest BCUT2D eigenvalue weighted by Gasteiger charge is -2.54. The molecule has 4 aromatic rings. The number of ether oxygens (including phenoxy) is 2. The number of aryl methyl sites for hydroxylation is 1. The summed E-state index contributed by atoms with van der Waals surface area (Å²) < 4.78 is 14.9. The number of fused-ring (bicyclic) bond motifs is 7. The van der Waals surface area contributed by atoms with E-state index < -0.39 is 14.9 Å². The molecule has 0 radical (unpaired) electrons. The predicted molar refractivity (Wildman–Crippen MR) is 298 cm³/mol. The topological polar surface area (TPSA) is 163 Å². The van der Waals surface area contributed by atoms with Crippen LogP contribution in [-0.2, 0) is 48.0 Å². The molecule has 406 valence electrons. The summed E-state index contributed by atoms with van der Waals surface area (Å²) in [4.78, 5) is 85.9. The molecular weight excluding hydrogens is 1100 g/mol. The molecule has 1 aromatic carbocycles. The van der Waals surface area contributed by atoms with E-state index in [0.717, 1.165) is 75.5 Å². The summed E-state index contributed by atoms with van der Waals surface area (Å²) in [5.74, 6) is -1.91. The maximum absolute atomic E-state index is 15.1. The lowest BCUT2D eigenvalue weighted by molar-refractivity contribution is -0.921. The largest absolute Gasteiger partial charge is 0.465 e. The molecule has 19 heteroatoms. The number of carbonyl (C=O) groups excluding carboxylic acids is 5.